The summed E-state index contributed by atoms with van der Waals surface area (Å²) in [5, 5.41) is 15.8. The number of anilines is 1. The molecule has 2 heterocycles. The number of carboxylic acid groups (broad SMARTS) is 1. The number of nitrogens with one attached hydrogen (secondary N) is 1. The topological polar surface area (TPSA) is 102 Å². The van der Waals surface area contributed by atoms with Crippen LogP contribution in [-0.4, -0.2) is 36.3 Å². The van der Waals surface area contributed by atoms with Gasteiger partial charge >= 0.3 is 5.97 Å². The molecule has 0 aliphatic rings. The van der Waals surface area contributed by atoms with Crippen LogP contribution in [0.1, 0.15) is 22.5 Å². The highest BCUT2D eigenvalue weighted by Gasteiger charge is 2.12. The van der Waals surface area contributed by atoms with Crippen molar-refractivity contribution in [2.45, 2.75) is 12.8 Å². The molecule has 0 bridgehead atoms. The third-order valence-electron chi connectivity index (χ3n) is 3.59. The first kappa shape index (κ1) is 16.4. The zero-order valence-electron chi connectivity index (χ0n) is 13.6. The molecule has 0 aliphatic heterocycles. The predicted octanol–water partition coefficient (Wildman–Crippen LogP) is 1.88. The van der Waals surface area contributed by atoms with Crippen molar-refractivity contribution in [2.75, 3.05) is 5.32 Å². The highest BCUT2D eigenvalue weighted by atomic mass is 16.4. The summed E-state index contributed by atoms with van der Waals surface area (Å²) in [7, 11) is 1.81. The fourth-order valence-electron chi connectivity index (χ4n) is 2.36. The van der Waals surface area contributed by atoms with Gasteiger partial charge in [0.1, 0.15) is 12.0 Å². The number of nitrogens with zero attached hydrogens (tertiary/aromatic N) is 4. The summed E-state index contributed by atoms with van der Waals surface area (Å²) < 4.78 is 3.33. The molecular formula is C17H17N5O3. The molecule has 128 valence electrons. The monoisotopic (exact) mass is 339 g/mol. The normalized spacial score (nSPS) is 10.6. The molecule has 1 amide bonds. The van der Waals surface area contributed by atoms with Crippen LogP contribution in [0.5, 0.6) is 0 Å². The van der Waals surface area contributed by atoms with Gasteiger partial charge in [-0.3, -0.25) is 18.8 Å². The van der Waals surface area contributed by atoms with Gasteiger partial charge in [0.05, 0.1) is 0 Å². The van der Waals surface area contributed by atoms with E-state index < -0.39 is 5.97 Å². The van der Waals surface area contributed by atoms with Crippen LogP contribution in [0.25, 0.3) is 5.82 Å². The average Bonchev–Trinajstić information content (AvgIpc) is 3.22. The van der Waals surface area contributed by atoms with Gasteiger partial charge in [0.2, 0.25) is 0 Å². The summed E-state index contributed by atoms with van der Waals surface area (Å²) in [4.78, 5) is 27.1. The predicted molar refractivity (Wildman–Crippen MR) is 90.7 cm³/mol. The minimum Gasteiger partial charge on any atom is -0.481 e. The Balaban J connectivity index is 1.69. The molecule has 3 rings (SSSR count). The van der Waals surface area contributed by atoms with Crippen molar-refractivity contribution in [3.63, 3.8) is 0 Å². The summed E-state index contributed by atoms with van der Waals surface area (Å²) in [5.74, 6) is -0.524. The van der Waals surface area contributed by atoms with Crippen molar-refractivity contribution < 1.29 is 14.7 Å². The smallest absolute Gasteiger partial charge is 0.303 e. The van der Waals surface area contributed by atoms with Crippen LogP contribution < -0.4 is 5.32 Å². The molecule has 8 heteroatoms. The van der Waals surface area contributed by atoms with Crippen molar-refractivity contribution in [2.24, 2.45) is 7.05 Å². The van der Waals surface area contributed by atoms with E-state index in [-0.39, 0.29) is 18.0 Å². The van der Waals surface area contributed by atoms with E-state index >= 15 is 0 Å². The molecule has 0 unspecified atom stereocenters. The van der Waals surface area contributed by atoms with Crippen LogP contribution in [0.4, 0.5) is 5.69 Å². The maximum Gasteiger partial charge on any atom is 0.303 e. The van der Waals surface area contributed by atoms with Crippen molar-refractivity contribution in [3.8, 4) is 5.82 Å². The Hall–Kier alpha value is -3.42. The molecule has 8 nitrogen and oxygen atoms in total. The van der Waals surface area contributed by atoms with Crippen molar-refractivity contribution in [1.29, 1.82) is 0 Å². The number of aryl methyl sites for hydroxylation is 2. The zero-order valence-corrected chi connectivity index (χ0v) is 13.6. The second kappa shape index (κ2) is 7.00. The van der Waals surface area contributed by atoms with Crippen LogP contribution in [0.2, 0.25) is 0 Å². The number of carboxylic acids is 1. The number of rotatable bonds is 6. The molecule has 25 heavy (non-hydrogen) atoms. The molecule has 0 saturated heterocycles. The SMILES string of the molecule is Cn1ccc(-n2cnc(C(=O)Nc3cccc(CCC(=O)O)c3)c2)n1. The fraction of sp³-hybridized carbons (Fsp3) is 0.176. The lowest BCUT2D eigenvalue weighted by atomic mass is 10.1. The molecule has 0 saturated carbocycles. The second-order valence-electron chi connectivity index (χ2n) is 5.56. The third kappa shape index (κ3) is 4.11. The Kier molecular flexibility index (Phi) is 4.60. The van der Waals surface area contributed by atoms with E-state index in [1.165, 1.54) is 6.33 Å². The Morgan fingerprint density at radius 3 is 2.84 bits per heavy atom. The molecule has 3 aromatic rings. The van der Waals surface area contributed by atoms with E-state index in [9.17, 15) is 9.59 Å². The molecular weight excluding hydrogens is 322 g/mol. The Labute approximate surface area is 143 Å². The first-order valence-corrected chi connectivity index (χ1v) is 7.67. The molecule has 0 atom stereocenters. The highest BCUT2D eigenvalue weighted by Crippen LogP contribution is 2.14. The van der Waals surface area contributed by atoms with E-state index in [0.29, 0.717) is 17.9 Å². The quantitative estimate of drug-likeness (QED) is 0.714. The maximum absolute atomic E-state index is 12.3. The lowest BCUT2D eigenvalue weighted by Gasteiger charge is -2.05. The van der Waals surface area contributed by atoms with Gasteiger partial charge in [-0.15, -0.1) is 0 Å². The molecule has 0 aliphatic carbocycles. The van der Waals surface area contributed by atoms with Crippen LogP contribution in [0.15, 0.2) is 49.1 Å². The summed E-state index contributed by atoms with van der Waals surface area (Å²) in [6.07, 6.45) is 5.39. The summed E-state index contributed by atoms with van der Waals surface area (Å²) in [5.41, 5.74) is 1.71. The number of hydrogen-bond acceptors (Lipinski definition) is 4. The lowest BCUT2D eigenvalue weighted by molar-refractivity contribution is -0.136. The minimum absolute atomic E-state index is 0.0475. The van der Waals surface area contributed by atoms with E-state index in [1.54, 1.807) is 39.8 Å². The average molecular weight is 339 g/mol. The Bertz CT molecular complexity index is 912. The minimum atomic E-state index is -0.852. The largest absolute Gasteiger partial charge is 0.481 e. The number of hydrogen-bond donors (Lipinski definition) is 2. The fourth-order valence-corrected chi connectivity index (χ4v) is 2.36. The molecule has 2 N–H and O–H groups in total. The molecule has 1 aromatic carbocycles. The maximum atomic E-state index is 12.3. The van der Waals surface area contributed by atoms with E-state index in [0.717, 1.165) is 5.56 Å². The number of carbonyl (C=O) groups is 2. The number of carbonyl (C=O) groups excluding carboxylic acids is 1. The van der Waals surface area contributed by atoms with Crippen molar-refractivity contribution in [3.05, 3.63) is 60.3 Å². The number of aliphatic carboxylic acids is 1. The van der Waals surface area contributed by atoms with Gasteiger partial charge in [-0.1, -0.05) is 12.1 Å². The van der Waals surface area contributed by atoms with Gasteiger partial charge in [0.25, 0.3) is 5.91 Å². The summed E-state index contributed by atoms with van der Waals surface area (Å²) in [6, 6.07) is 8.93. The lowest BCUT2D eigenvalue weighted by Crippen LogP contribution is -2.12. The first-order valence-electron chi connectivity index (χ1n) is 7.67. The molecule has 0 radical (unpaired) electrons. The zero-order chi connectivity index (χ0) is 17.8. The summed E-state index contributed by atoms with van der Waals surface area (Å²) in [6.45, 7) is 0. The molecule has 0 spiro atoms. The standard InChI is InChI=1S/C17H17N5O3/c1-21-8-7-15(20-21)22-10-14(18-11-22)17(25)19-13-4-2-3-12(9-13)5-6-16(23)24/h2-4,7-11H,5-6H2,1H3,(H,19,25)(H,23,24). The Morgan fingerprint density at radius 1 is 1.28 bits per heavy atom. The van der Waals surface area contributed by atoms with Gasteiger partial charge in [-0.2, -0.15) is 5.10 Å². The van der Waals surface area contributed by atoms with Crippen LogP contribution >= 0.6 is 0 Å². The number of aromatic nitrogens is 4. The van der Waals surface area contributed by atoms with Gasteiger partial charge in [-0.05, 0) is 24.1 Å². The van der Waals surface area contributed by atoms with Gasteiger partial charge in [-0.25, -0.2) is 4.98 Å². The molecule has 0 fully saturated rings. The van der Waals surface area contributed by atoms with Gasteiger partial charge < -0.3 is 10.4 Å². The number of amides is 1. The van der Waals surface area contributed by atoms with Gasteiger partial charge in [0, 0.05) is 37.6 Å². The van der Waals surface area contributed by atoms with Crippen LogP contribution in [0, 0.1) is 0 Å². The number of imidazole rings is 1. The van der Waals surface area contributed by atoms with E-state index in [2.05, 4.69) is 15.4 Å². The van der Waals surface area contributed by atoms with Crippen LogP contribution in [0.3, 0.4) is 0 Å². The van der Waals surface area contributed by atoms with Crippen molar-refractivity contribution >= 4 is 17.6 Å². The van der Waals surface area contributed by atoms with E-state index in [4.69, 9.17) is 5.11 Å². The number of benzene rings is 1. The third-order valence-corrected chi connectivity index (χ3v) is 3.59. The highest BCUT2D eigenvalue weighted by molar-refractivity contribution is 6.02. The van der Waals surface area contributed by atoms with Gasteiger partial charge in [0.15, 0.2) is 5.82 Å². The first-order chi connectivity index (χ1) is 12.0. The summed E-state index contributed by atoms with van der Waals surface area (Å²) >= 11 is 0. The Morgan fingerprint density at radius 2 is 2.12 bits per heavy atom. The second-order valence-corrected chi connectivity index (χ2v) is 5.56. The van der Waals surface area contributed by atoms with E-state index in [1.807, 2.05) is 19.2 Å². The van der Waals surface area contributed by atoms with Crippen LogP contribution in [-0.2, 0) is 18.3 Å². The molecule has 2 aromatic heterocycles. The van der Waals surface area contributed by atoms with Crippen molar-refractivity contribution in [1.82, 2.24) is 19.3 Å².